The second-order valence-corrected chi connectivity index (χ2v) is 9.22. The lowest BCUT2D eigenvalue weighted by molar-refractivity contribution is -0.126. The Bertz CT molecular complexity index is 737. The molecule has 1 N–H and O–H groups in total. The molecule has 5 nitrogen and oxygen atoms in total. The van der Waals surface area contributed by atoms with Crippen LogP contribution in [0.2, 0.25) is 0 Å². The van der Waals surface area contributed by atoms with Gasteiger partial charge in [-0.3, -0.25) is 4.79 Å². The van der Waals surface area contributed by atoms with Crippen LogP contribution in [0.1, 0.15) is 50.7 Å². The minimum atomic E-state index is -3.46. The molecule has 6 heteroatoms. The van der Waals surface area contributed by atoms with E-state index in [2.05, 4.69) is 5.32 Å². The van der Waals surface area contributed by atoms with Gasteiger partial charge in [0.25, 0.3) is 0 Å². The number of hydrogen-bond acceptors (Lipinski definition) is 3. The Morgan fingerprint density at radius 1 is 1.24 bits per heavy atom. The van der Waals surface area contributed by atoms with E-state index in [0.717, 1.165) is 25.7 Å². The quantitative estimate of drug-likeness (QED) is 0.873. The van der Waals surface area contributed by atoms with Crippen LogP contribution in [0.4, 0.5) is 0 Å². The molecule has 0 aromatic heterocycles. The number of benzene rings is 1. The average molecular weight is 365 g/mol. The van der Waals surface area contributed by atoms with Gasteiger partial charge in [0.05, 0.1) is 4.90 Å². The first-order chi connectivity index (χ1) is 11.9. The molecule has 1 saturated heterocycles. The van der Waals surface area contributed by atoms with E-state index in [4.69, 9.17) is 0 Å². The molecule has 0 spiro atoms. The molecular weight excluding hydrogens is 336 g/mol. The fourth-order valence-corrected chi connectivity index (χ4v) is 5.20. The summed E-state index contributed by atoms with van der Waals surface area (Å²) in [7, 11) is -3.46. The third-order valence-electron chi connectivity index (χ3n) is 5.53. The van der Waals surface area contributed by atoms with Crippen LogP contribution in [0.5, 0.6) is 0 Å². The number of hydrogen-bond donors (Lipinski definition) is 1. The van der Waals surface area contributed by atoms with Gasteiger partial charge in [-0.2, -0.15) is 4.31 Å². The highest BCUT2D eigenvalue weighted by atomic mass is 32.2. The molecule has 1 aromatic rings. The van der Waals surface area contributed by atoms with E-state index in [-0.39, 0.29) is 17.9 Å². The zero-order valence-electron chi connectivity index (χ0n) is 15.1. The lowest BCUT2D eigenvalue weighted by Gasteiger charge is -2.31. The molecule has 1 fully saturated rings. The fraction of sp³-hybridized carbons (Fsp3) is 0.632. The van der Waals surface area contributed by atoms with Crippen molar-refractivity contribution in [2.45, 2.75) is 63.3 Å². The van der Waals surface area contributed by atoms with Crippen LogP contribution in [-0.2, 0) is 27.7 Å². The van der Waals surface area contributed by atoms with Crippen LogP contribution in [0.3, 0.4) is 0 Å². The number of fused-ring (bicyclic) bond motifs is 1. The first-order valence-electron chi connectivity index (χ1n) is 9.34. The van der Waals surface area contributed by atoms with Gasteiger partial charge in [-0.15, -0.1) is 0 Å². The van der Waals surface area contributed by atoms with Gasteiger partial charge in [0.1, 0.15) is 0 Å². The van der Waals surface area contributed by atoms with Gasteiger partial charge in [-0.05, 0) is 68.7 Å². The number of nitrogens with zero attached hydrogens (tertiary/aromatic N) is 1. The van der Waals surface area contributed by atoms with E-state index < -0.39 is 10.0 Å². The number of piperidine rings is 1. The molecule has 1 unspecified atom stereocenters. The lowest BCUT2D eigenvalue weighted by Crippen LogP contribution is -2.44. The summed E-state index contributed by atoms with van der Waals surface area (Å²) < 4.78 is 27.4. The van der Waals surface area contributed by atoms with Gasteiger partial charge < -0.3 is 5.32 Å². The standard InChI is InChI=1S/C19H28N2O3S/c1-3-14(2)20-19(22)16-9-11-21(12-10-16)25(23,24)18-8-7-15-5-4-6-17(15)13-18/h7-8,13-14,16H,3-6,9-12H2,1-2H3,(H,20,22). The molecule has 1 amide bonds. The highest BCUT2D eigenvalue weighted by Crippen LogP contribution is 2.28. The second-order valence-electron chi connectivity index (χ2n) is 7.28. The zero-order valence-corrected chi connectivity index (χ0v) is 15.9. The van der Waals surface area contributed by atoms with E-state index in [0.29, 0.717) is 30.8 Å². The first-order valence-corrected chi connectivity index (χ1v) is 10.8. The van der Waals surface area contributed by atoms with Crippen molar-refractivity contribution < 1.29 is 13.2 Å². The summed E-state index contributed by atoms with van der Waals surface area (Å²) in [5, 5.41) is 3.01. The molecular formula is C19H28N2O3S. The molecule has 1 aromatic carbocycles. The van der Waals surface area contributed by atoms with Crippen LogP contribution in [0.25, 0.3) is 0 Å². The van der Waals surface area contributed by atoms with Gasteiger partial charge in [-0.25, -0.2) is 8.42 Å². The van der Waals surface area contributed by atoms with Gasteiger partial charge >= 0.3 is 0 Å². The van der Waals surface area contributed by atoms with Gasteiger partial charge in [-0.1, -0.05) is 13.0 Å². The third-order valence-corrected chi connectivity index (χ3v) is 7.43. The van der Waals surface area contributed by atoms with Crippen molar-refractivity contribution in [1.82, 2.24) is 9.62 Å². The largest absolute Gasteiger partial charge is 0.353 e. The molecule has 1 aliphatic heterocycles. The summed E-state index contributed by atoms with van der Waals surface area (Å²) in [6.07, 6.45) is 5.20. The minimum absolute atomic E-state index is 0.0592. The molecule has 0 radical (unpaired) electrons. The molecule has 1 heterocycles. The fourth-order valence-electron chi connectivity index (χ4n) is 3.68. The summed E-state index contributed by atoms with van der Waals surface area (Å²) in [4.78, 5) is 12.6. The van der Waals surface area contributed by atoms with E-state index in [9.17, 15) is 13.2 Å². The third kappa shape index (κ3) is 3.90. The van der Waals surface area contributed by atoms with Crippen molar-refractivity contribution in [3.63, 3.8) is 0 Å². The predicted molar refractivity (Wildman–Crippen MR) is 97.8 cm³/mol. The second kappa shape index (κ2) is 7.46. The summed E-state index contributed by atoms with van der Waals surface area (Å²) in [5.74, 6) is -0.0237. The summed E-state index contributed by atoms with van der Waals surface area (Å²) in [6, 6.07) is 5.71. The summed E-state index contributed by atoms with van der Waals surface area (Å²) in [5.41, 5.74) is 2.45. The Labute approximate surface area is 150 Å². The van der Waals surface area contributed by atoms with E-state index >= 15 is 0 Å². The van der Waals surface area contributed by atoms with E-state index in [1.54, 1.807) is 6.07 Å². The zero-order chi connectivity index (χ0) is 18.0. The van der Waals surface area contributed by atoms with Crippen LogP contribution in [0, 0.1) is 5.92 Å². The average Bonchev–Trinajstić information content (AvgIpc) is 3.09. The maximum atomic E-state index is 12.9. The normalized spacial score (nSPS) is 20.2. The SMILES string of the molecule is CCC(C)NC(=O)C1CCN(S(=O)(=O)c2ccc3c(c2)CCC3)CC1. The van der Waals surface area contributed by atoms with Crippen molar-refractivity contribution in [2.24, 2.45) is 5.92 Å². The van der Waals surface area contributed by atoms with Gasteiger partial charge in [0.15, 0.2) is 0 Å². The highest BCUT2D eigenvalue weighted by molar-refractivity contribution is 7.89. The molecule has 0 bridgehead atoms. The van der Waals surface area contributed by atoms with Crippen molar-refractivity contribution in [3.05, 3.63) is 29.3 Å². The van der Waals surface area contributed by atoms with Gasteiger partial charge in [0, 0.05) is 25.0 Å². The number of amides is 1. The molecule has 3 rings (SSSR count). The van der Waals surface area contributed by atoms with E-state index in [1.165, 1.54) is 15.4 Å². The molecule has 1 atom stereocenters. The lowest BCUT2D eigenvalue weighted by atomic mass is 9.97. The molecule has 2 aliphatic rings. The number of sulfonamides is 1. The Kier molecular flexibility index (Phi) is 5.49. The van der Waals surface area contributed by atoms with Crippen molar-refractivity contribution in [2.75, 3.05) is 13.1 Å². The number of carbonyl (C=O) groups is 1. The maximum Gasteiger partial charge on any atom is 0.243 e. The monoisotopic (exact) mass is 364 g/mol. The number of carbonyl (C=O) groups excluding carboxylic acids is 1. The molecule has 0 saturated carbocycles. The van der Waals surface area contributed by atoms with Crippen molar-refractivity contribution in [3.8, 4) is 0 Å². The molecule has 138 valence electrons. The number of nitrogens with one attached hydrogen (secondary N) is 1. The van der Waals surface area contributed by atoms with Crippen LogP contribution in [0.15, 0.2) is 23.1 Å². The Hall–Kier alpha value is -1.40. The van der Waals surface area contributed by atoms with Gasteiger partial charge in [0.2, 0.25) is 15.9 Å². The van der Waals surface area contributed by atoms with Crippen LogP contribution < -0.4 is 5.32 Å². The predicted octanol–water partition coefficient (Wildman–Crippen LogP) is 2.49. The number of aryl methyl sites for hydroxylation is 2. The van der Waals surface area contributed by atoms with Crippen LogP contribution in [-0.4, -0.2) is 37.8 Å². The smallest absolute Gasteiger partial charge is 0.243 e. The molecule has 25 heavy (non-hydrogen) atoms. The Morgan fingerprint density at radius 2 is 1.92 bits per heavy atom. The summed E-state index contributed by atoms with van der Waals surface area (Å²) >= 11 is 0. The topological polar surface area (TPSA) is 66.5 Å². The number of rotatable bonds is 5. The van der Waals surface area contributed by atoms with Crippen molar-refractivity contribution in [1.29, 1.82) is 0 Å². The van der Waals surface area contributed by atoms with Crippen molar-refractivity contribution >= 4 is 15.9 Å². The van der Waals surface area contributed by atoms with E-state index in [1.807, 2.05) is 26.0 Å². The maximum absolute atomic E-state index is 12.9. The Balaban J connectivity index is 1.65. The Morgan fingerprint density at radius 3 is 2.60 bits per heavy atom. The molecule has 1 aliphatic carbocycles. The first kappa shape index (κ1) is 18.4. The minimum Gasteiger partial charge on any atom is -0.353 e. The highest BCUT2D eigenvalue weighted by Gasteiger charge is 2.32. The van der Waals surface area contributed by atoms with Crippen LogP contribution >= 0.6 is 0 Å². The summed E-state index contributed by atoms with van der Waals surface area (Å²) in [6.45, 7) is 4.86.